The summed E-state index contributed by atoms with van der Waals surface area (Å²) in [5.41, 5.74) is 5.11. The third kappa shape index (κ3) is 21.1. The molecular weight excluding hydrogens is 865 g/mol. The Labute approximate surface area is 421 Å². The van der Waals surface area contributed by atoms with Gasteiger partial charge < -0.3 is 34.6 Å². The van der Waals surface area contributed by atoms with Gasteiger partial charge in [0.25, 0.3) is 0 Å². The first kappa shape index (κ1) is 61.8. The molecule has 2 atom stereocenters. The molecule has 0 radical (unpaired) electrons. The molecule has 69 heavy (non-hydrogen) atoms. The predicted molar refractivity (Wildman–Crippen MR) is 286 cm³/mol. The number of ketones is 1. The number of fused-ring (bicyclic) bond motifs is 2. The van der Waals surface area contributed by atoms with E-state index in [1.165, 1.54) is 141 Å². The molecule has 4 rings (SSSR count). The Morgan fingerprint density at radius 3 is 1.19 bits per heavy atom. The second-order valence-corrected chi connectivity index (χ2v) is 21.0. The number of aliphatic carboxylic acids is 1. The summed E-state index contributed by atoms with van der Waals surface area (Å²) in [7, 11) is 0. The highest BCUT2D eigenvalue weighted by Crippen LogP contribution is 2.45. The Bertz CT molecular complexity index is 1770. The number of carboxylic acids is 1. The Hall–Kier alpha value is -3.30. The standard InChI is InChI=1S/C30H50O4.C16H34O.C14H18O4/c1-6-7-8-9-13-16-21-33-22-17-14-11-10-12-15-18-27(31)30(5)20-19-26-25(4)28(32)23(2)24(3)29(26)34-30;1-2-3-4-5-6-7-8-9-10-11-12-13-14-15-16-17;1-7-8(2)12-10(9(3)11(7)15)5-6-14(4,18-12)13(16)17/h32H,6-22H2,1-5H3;17H,2-16H2,1H3;15H,5-6H2,1-4H3,(H,16,17). The van der Waals surface area contributed by atoms with Crippen molar-refractivity contribution in [3.63, 3.8) is 0 Å². The summed E-state index contributed by atoms with van der Waals surface area (Å²) >= 11 is 0. The zero-order valence-corrected chi connectivity index (χ0v) is 45.9. The third-order valence-corrected chi connectivity index (χ3v) is 15.2. The van der Waals surface area contributed by atoms with Crippen LogP contribution in [0.25, 0.3) is 0 Å². The van der Waals surface area contributed by atoms with Crippen molar-refractivity contribution >= 4 is 11.8 Å². The van der Waals surface area contributed by atoms with E-state index in [9.17, 15) is 24.9 Å². The van der Waals surface area contributed by atoms with Gasteiger partial charge in [0.2, 0.25) is 5.60 Å². The van der Waals surface area contributed by atoms with Gasteiger partial charge in [0.15, 0.2) is 11.4 Å². The van der Waals surface area contributed by atoms with Crippen LogP contribution >= 0.6 is 0 Å². The molecule has 0 aromatic heterocycles. The molecule has 0 fully saturated rings. The van der Waals surface area contributed by atoms with Gasteiger partial charge in [-0.2, -0.15) is 0 Å². The fraction of sp³-hybridized carbons (Fsp3) is 0.767. The number of aromatic hydroxyl groups is 2. The summed E-state index contributed by atoms with van der Waals surface area (Å²) in [6.45, 7) is 21.6. The Morgan fingerprint density at radius 1 is 0.478 bits per heavy atom. The van der Waals surface area contributed by atoms with Crippen molar-refractivity contribution in [2.45, 2.75) is 279 Å². The quantitative estimate of drug-likeness (QED) is 0.0527. The SMILES string of the molecule is CCCCCCCCCCCCCCCCO.CCCCCCCCOCCCCCCCCC(=O)C1(C)CCc2c(C)c(O)c(C)c(C)c2O1.Cc1c(C)c2c(c(C)c1O)CCC(C)(C(=O)O)O2. The van der Waals surface area contributed by atoms with E-state index >= 15 is 0 Å². The Morgan fingerprint density at radius 2 is 0.812 bits per heavy atom. The summed E-state index contributed by atoms with van der Waals surface area (Å²) in [5.74, 6) is 1.35. The lowest BCUT2D eigenvalue weighted by atomic mass is 9.84. The van der Waals surface area contributed by atoms with Crippen LogP contribution in [0, 0.1) is 41.5 Å². The van der Waals surface area contributed by atoms with Crippen LogP contribution in [-0.2, 0) is 27.2 Å². The minimum Gasteiger partial charge on any atom is -0.507 e. The first-order valence-corrected chi connectivity index (χ1v) is 28.0. The van der Waals surface area contributed by atoms with Gasteiger partial charge in [-0.1, -0.05) is 155 Å². The molecule has 0 amide bonds. The molecule has 2 aliphatic heterocycles. The number of carboxylic acid groups (broad SMARTS) is 1. The maximum Gasteiger partial charge on any atom is 0.347 e. The fourth-order valence-electron chi connectivity index (χ4n) is 9.70. The van der Waals surface area contributed by atoms with E-state index in [1.54, 1.807) is 6.92 Å². The van der Waals surface area contributed by atoms with Crippen molar-refractivity contribution < 1.29 is 44.2 Å². The van der Waals surface area contributed by atoms with E-state index in [2.05, 4.69) is 13.8 Å². The number of carbonyl (C=O) groups is 2. The molecule has 2 aromatic carbocycles. The van der Waals surface area contributed by atoms with Crippen molar-refractivity contribution in [3.05, 3.63) is 44.5 Å². The number of hydrogen-bond acceptors (Lipinski definition) is 8. The van der Waals surface area contributed by atoms with Gasteiger partial charge in [0.1, 0.15) is 23.0 Å². The van der Waals surface area contributed by atoms with Crippen LogP contribution in [0.1, 0.15) is 258 Å². The van der Waals surface area contributed by atoms with Gasteiger partial charge in [0, 0.05) is 43.8 Å². The summed E-state index contributed by atoms with van der Waals surface area (Å²) < 4.78 is 17.8. The number of aliphatic hydroxyl groups is 1. The maximum absolute atomic E-state index is 13.0. The number of carbonyl (C=O) groups excluding carboxylic acids is 1. The van der Waals surface area contributed by atoms with Gasteiger partial charge in [-0.15, -0.1) is 0 Å². The molecule has 0 spiro atoms. The minimum absolute atomic E-state index is 0.212. The zero-order chi connectivity index (χ0) is 51.2. The number of Topliss-reactive ketones (excluding diaryl/α,β-unsaturated/α-hetero) is 1. The second-order valence-electron chi connectivity index (χ2n) is 21.0. The largest absolute Gasteiger partial charge is 0.507 e. The molecule has 9 heteroatoms. The predicted octanol–water partition coefficient (Wildman–Crippen LogP) is 16.0. The second kappa shape index (κ2) is 34.1. The van der Waals surface area contributed by atoms with Crippen molar-refractivity contribution in [1.29, 1.82) is 0 Å². The lowest BCUT2D eigenvalue weighted by Gasteiger charge is -2.36. The lowest BCUT2D eigenvalue weighted by Crippen LogP contribution is -2.44. The lowest BCUT2D eigenvalue weighted by molar-refractivity contribution is -0.155. The van der Waals surface area contributed by atoms with E-state index in [0.29, 0.717) is 43.8 Å². The molecule has 0 saturated carbocycles. The molecule has 0 saturated heterocycles. The molecule has 0 aliphatic carbocycles. The van der Waals surface area contributed by atoms with Gasteiger partial charge in [-0.25, -0.2) is 4.79 Å². The van der Waals surface area contributed by atoms with Crippen LogP contribution in [0.15, 0.2) is 0 Å². The van der Waals surface area contributed by atoms with Gasteiger partial charge >= 0.3 is 5.97 Å². The van der Waals surface area contributed by atoms with Crippen LogP contribution in [0.3, 0.4) is 0 Å². The molecule has 2 aliphatic rings. The summed E-state index contributed by atoms with van der Waals surface area (Å²) in [5, 5.41) is 38.2. The fourth-order valence-corrected chi connectivity index (χ4v) is 9.70. The first-order valence-electron chi connectivity index (χ1n) is 28.0. The molecule has 396 valence electrons. The average molecular weight is 967 g/mol. The maximum atomic E-state index is 13.0. The Kier molecular flexibility index (Phi) is 30.6. The van der Waals surface area contributed by atoms with Crippen molar-refractivity contribution in [3.8, 4) is 23.0 Å². The monoisotopic (exact) mass is 967 g/mol. The molecule has 9 nitrogen and oxygen atoms in total. The molecule has 2 heterocycles. The van der Waals surface area contributed by atoms with Gasteiger partial charge in [0.05, 0.1) is 0 Å². The van der Waals surface area contributed by atoms with Crippen molar-refractivity contribution in [2.75, 3.05) is 19.8 Å². The molecular formula is C60H102O9. The number of unbranched alkanes of at least 4 members (excludes halogenated alkanes) is 23. The third-order valence-electron chi connectivity index (χ3n) is 15.2. The molecule has 0 bridgehead atoms. The normalized spacial score (nSPS) is 17.1. The highest BCUT2D eigenvalue weighted by atomic mass is 16.5. The number of aliphatic hydroxyl groups excluding tert-OH is 1. The average Bonchev–Trinajstić information content (AvgIpc) is 3.34. The minimum atomic E-state index is -1.17. The van der Waals surface area contributed by atoms with E-state index < -0.39 is 17.2 Å². The Balaban J connectivity index is 0.000000392. The summed E-state index contributed by atoms with van der Waals surface area (Å²) in [6, 6.07) is 0. The highest BCUT2D eigenvalue weighted by Gasteiger charge is 2.41. The van der Waals surface area contributed by atoms with Crippen LogP contribution < -0.4 is 9.47 Å². The highest BCUT2D eigenvalue weighted by molar-refractivity contribution is 5.88. The summed E-state index contributed by atoms with van der Waals surface area (Å²) in [4.78, 5) is 24.3. The van der Waals surface area contributed by atoms with Gasteiger partial charge in [-0.05, 0) is 134 Å². The van der Waals surface area contributed by atoms with Gasteiger partial charge in [-0.3, -0.25) is 4.79 Å². The number of ether oxygens (including phenoxy) is 3. The van der Waals surface area contributed by atoms with E-state index in [-0.39, 0.29) is 11.5 Å². The van der Waals surface area contributed by atoms with Crippen LogP contribution in [0.2, 0.25) is 0 Å². The smallest absolute Gasteiger partial charge is 0.347 e. The van der Waals surface area contributed by atoms with E-state index in [4.69, 9.17) is 19.3 Å². The van der Waals surface area contributed by atoms with E-state index in [0.717, 1.165) is 95.6 Å². The van der Waals surface area contributed by atoms with Crippen molar-refractivity contribution in [1.82, 2.24) is 0 Å². The number of phenolic OH excluding ortho intramolecular Hbond substituents is 2. The van der Waals surface area contributed by atoms with Crippen molar-refractivity contribution in [2.24, 2.45) is 0 Å². The van der Waals surface area contributed by atoms with Crippen LogP contribution in [0.4, 0.5) is 0 Å². The zero-order valence-electron chi connectivity index (χ0n) is 45.9. The number of phenols is 2. The van der Waals surface area contributed by atoms with Crippen LogP contribution in [0.5, 0.6) is 23.0 Å². The first-order chi connectivity index (χ1) is 33.0. The van der Waals surface area contributed by atoms with E-state index in [1.807, 2.05) is 48.5 Å². The molecule has 4 N–H and O–H groups in total. The number of hydrogen-bond donors (Lipinski definition) is 4. The number of rotatable bonds is 32. The van der Waals surface area contributed by atoms with Crippen LogP contribution in [-0.4, -0.2) is 63.2 Å². The molecule has 2 aromatic rings. The topological polar surface area (TPSA) is 143 Å². The summed E-state index contributed by atoms with van der Waals surface area (Å²) in [6.07, 6.45) is 37.0. The number of benzene rings is 2. The molecule has 2 unspecified atom stereocenters.